The number of nitrogens with one attached hydrogen (secondary N) is 1. The van der Waals surface area contributed by atoms with Crippen LogP contribution in [0.25, 0.3) is 0 Å². The Labute approximate surface area is 112 Å². The Balaban J connectivity index is 1.73. The second kappa shape index (κ2) is 6.88. The quantitative estimate of drug-likeness (QED) is 0.813. The van der Waals surface area contributed by atoms with Crippen LogP contribution in [0.15, 0.2) is 0 Å². The Morgan fingerprint density at radius 3 is 2.89 bits per heavy atom. The van der Waals surface area contributed by atoms with Gasteiger partial charge in [0.15, 0.2) is 0 Å². The lowest BCUT2D eigenvalue weighted by atomic mass is 9.86. The Morgan fingerprint density at radius 1 is 1.33 bits per heavy atom. The van der Waals surface area contributed by atoms with Gasteiger partial charge in [0.25, 0.3) is 0 Å². The molecule has 3 unspecified atom stereocenters. The van der Waals surface area contributed by atoms with E-state index in [0.29, 0.717) is 6.04 Å². The van der Waals surface area contributed by atoms with E-state index in [4.69, 9.17) is 4.74 Å². The molecule has 2 rings (SSSR count). The highest BCUT2D eigenvalue weighted by Crippen LogP contribution is 2.28. The summed E-state index contributed by atoms with van der Waals surface area (Å²) in [7, 11) is 1.80. The van der Waals surface area contributed by atoms with Gasteiger partial charge in [0.2, 0.25) is 0 Å². The van der Waals surface area contributed by atoms with Crippen LogP contribution in [-0.4, -0.2) is 50.3 Å². The fourth-order valence-electron chi connectivity index (χ4n) is 3.64. The molecule has 1 N–H and O–H groups in total. The third-order valence-corrected chi connectivity index (χ3v) is 4.63. The molecule has 0 aromatic rings. The van der Waals surface area contributed by atoms with E-state index in [1.807, 2.05) is 0 Å². The molecule has 18 heavy (non-hydrogen) atoms. The SMILES string of the molecule is COCC1CC(CC2CCCN(C(C)C)C2)CN1. The van der Waals surface area contributed by atoms with Gasteiger partial charge < -0.3 is 15.0 Å². The van der Waals surface area contributed by atoms with Crippen LogP contribution in [0.5, 0.6) is 0 Å². The van der Waals surface area contributed by atoms with Gasteiger partial charge in [-0.1, -0.05) is 0 Å². The highest BCUT2D eigenvalue weighted by Gasteiger charge is 2.29. The number of nitrogens with zero attached hydrogens (tertiary/aromatic N) is 1. The lowest BCUT2D eigenvalue weighted by Gasteiger charge is -2.36. The normalized spacial score (nSPS) is 34.3. The lowest BCUT2D eigenvalue weighted by molar-refractivity contribution is 0.125. The van der Waals surface area contributed by atoms with E-state index in [1.165, 1.54) is 45.3 Å². The molecule has 0 aliphatic carbocycles. The largest absolute Gasteiger partial charge is 0.383 e. The second-order valence-electron chi connectivity index (χ2n) is 6.49. The van der Waals surface area contributed by atoms with Crippen molar-refractivity contribution in [2.45, 2.75) is 51.6 Å². The molecular formula is C15H30N2O. The number of methoxy groups -OCH3 is 1. The van der Waals surface area contributed by atoms with Gasteiger partial charge >= 0.3 is 0 Å². The van der Waals surface area contributed by atoms with Gasteiger partial charge in [-0.3, -0.25) is 0 Å². The van der Waals surface area contributed by atoms with Crippen molar-refractivity contribution in [1.82, 2.24) is 10.2 Å². The second-order valence-corrected chi connectivity index (χ2v) is 6.49. The van der Waals surface area contributed by atoms with E-state index in [9.17, 15) is 0 Å². The minimum absolute atomic E-state index is 0.602. The molecule has 3 nitrogen and oxygen atoms in total. The maximum Gasteiger partial charge on any atom is 0.0615 e. The minimum Gasteiger partial charge on any atom is -0.383 e. The molecule has 0 aromatic carbocycles. The molecule has 2 aliphatic rings. The number of piperidine rings is 1. The van der Waals surface area contributed by atoms with Gasteiger partial charge in [0, 0.05) is 25.7 Å². The molecule has 0 aromatic heterocycles. The van der Waals surface area contributed by atoms with Gasteiger partial charge in [0.1, 0.15) is 0 Å². The van der Waals surface area contributed by atoms with Crippen LogP contribution >= 0.6 is 0 Å². The molecular weight excluding hydrogens is 224 g/mol. The van der Waals surface area contributed by atoms with Crippen LogP contribution in [0, 0.1) is 11.8 Å². The topological polar surface area (TPSA) is 24.5 Å². The van der Waals surface area contributed by atoms with Crippen molar-refractivity contribution in [3.05, 3.63) is 0 Å². The Hall–Kier alpha value is -0.120. The highest BCUT2D eigenvalue weighted by molar-refractivity contribution is 4.85. The zero-order chi connectivity index (χ0) is 13.0. The van der Waals surface area contributed by atoms with Crippen LogP contribution < -0.4 is 5.32 Å². The first-order chi connectivity index (χ1) is 8.69. The van der Waals surface area contributed by atoms with Crippen LogP contribution in [0.3, 0.4) is 0 Å². The number of ether oxygens (including phenoxy) is 1. The third kappa shape index (κ3) is 3.94. The van der Waals surface area contributed by atoms with E-state index in [1.54, 1.807) is 7.11 Å². The van der Waals surface area contributed by atoms with E-state index in [0.717, 1.165) is 24.5 Å². The average Bonchev–Trinajstić information content (AvgIpc) is 2.77. The van der Waals surface area contributed by atoms with Crippen molar-refractivity contribution in [3.63, 3.8) is 0 Å². The summed E-state index contributed by atoms with van der Waals surface area (Å²) >= 11 is 0. The van der Waals surface area contributed by atoms with Gasteiger partial charge in [-0.25, -0.2) is 0 Å². The maximum absolute atomic E-state index is 5.24. The monoisotopic (exact) mass is 254 g/mol. The van der Waals surface area contributed by atoms with Gasteiger partial charge in [0.05, 0.1) is 6.61 Å². The third-order valence-electron chi connectivity index (χ3n) is 4.63. The van der Waals surface area contributed by atoms with E-state index in [2.05, 4.69) is 24.1 Å². The Morgan fingerprint density at radius 2 is 2.17 bits per heavy atom. The summed E-state index contributed by atoms with van der Waals surface area (Å²) in [6.07, 6.45) is 5.56. The standard InChI is InChI=1S/C15H30N2O/c1-12(2)17-6-4-5-13(10-17)7-14-8-15(11-18-3)16-9-14/h12-16H,4-11H2,1-3H3. The summed E-state index contributed by atoms with van der Waals surface area (Å²) in [5.41, 5.74) is 0. The first-order valence-corrected chi connectivity index (χ1v) is 7.65. The first kappa shape index (κ1) is 14.3. The number of hydrogen-bond donors (Lipinski definition) is 1. The number of rotatable bonds is 5. The Kier molecular flexibility index (Phi) is 5.46. The molecule has 2 saturated heterocycles. The molecule has 0 spiro atoms. The Bertz CT molecular complexity index is 245. The zero-order valence-electron chi connectivity index (χ0n) is 12.3. The summed E-state index contributed by atoms with van der Waals surface area (Å²) in [4.78, 5) is 2.66. The molecule has 0 bridgehead atoms. The molecule has 3 atom stereocenters. The highest BCUT2D eigenvalue weighted by atomic mass is 16.5. The molecule has 0 saturated carbocycles. The maximum atomic E-state index is 5.24. The molecule has 2 heterocycles. The van der Waals surface area contributed by atoms with Crippen molar-refractivity contribution in [2.24, 2.45) is 11.8 Å². The predicted octanol–water partition coefficient (Wildman–Crippen LogP) is 2.12. The molecule has 106 valence electrons. The summed E-state index contributed by atoms with van der Waals surface area (Å²) in [6, 6.07) is 1.32. The van der Waals surface area contributed by atoms with E-state index >= 15 is 0 Å². The summed E-state index contributed by atoms with van der Waals surface area (Å²) in [6.45, 7) is 9.36. The molecule has 0 amide bonds. The number of hydrogen-bond acceptors (Lipinski definition) is 3. The fraction of sp³-hybridized carbons (Fsp3) is 1.00. The smallest absolute Gasteiger partial charge is 0.0615 e. The van der Waals surface area contributed by atoms with Crippen LogP contribution in [-0.2, 0) is 4.74 Å². The number of likely N-dealkylation sites (tertiary alicyclic amines) is 1. The summed E-state index contributed by atoms with van der Waals surface area (Å²) in [5.74, 6) is 1.80. The van der Waals surface area contributed by atoms with E-state index in [-0.39, 0.29) is 0 Å². The van der Waals surface area contributed by atoms with Crippen LogP contribution in [0.1, 0.15) is 39.5 Å². The lowest BCUT2D eigenvalue weighted by Crippen LogP contribution is -2.40. The van der Waals surface area contributed by atoms with Gasteiger partial charge in [-0.05, 0) is 64.5 Å². The molecule has 3 heteroatoms. The minimum atomic E-state index is 0.602. The summed E-state index contributed by atoms with van der Waals surface area (Å²) < 4.78 is 5.24. The van der Waals surface area contributed by atoms with Crippen LogP contribution in [0.2, 0.25) is 0 Å². The fourth-order valence-corrected chi connectivity index (χ4v) is 3.64. The molecule has 0 radical (unpaired) electrons. The van der Waals surface area contributed by atoms with E-state index < -0.39 is 0 Å². The summed E-state index contributed by atoms with van der Waals surface area (Å²) in [5, 5.41) is 3.59. The van der Waals surface area contributed by atoms with Crippen molar-refractivity contribution in [2.75, 3.05) is 33.4 Å². The molecule has 2 aliphatic heterocycles. The van der Waals surface area contributed by atoms with Crippen molar-refractivity contribution in [3.8, 4) is 0 Å². The van der Waals surface area contributed by atoms with Gasteiger partial charge in [-0.2, -0.15) is 0 Å². The average molecular weight is 254 g/mol. The van der Waals surface area contributed by atoms with Gasteiger partial charge in [-0.15, -0.1) is 0 Å². The first-order valence-electron chi connectivity index (χ1n) is 7.65. The van der Waals surface area contributed by atoms with Crippen molar-refractivity contribution in [1.29, 1.82) is 0 Å². The predicted molar refractivity (Wildman–Crippen MR) is 75.8 cm³/mol. The molecule has 2 fully saturated rings. The van der Waals surface area contributed by atoms with Crippen molar-refractivity contribution < 1.29 is 4.74 Å². The van der Waals surface area contributed by atoms with Crippen LogP contribution in [0.4, 0.5) is 0 Å². The van der Waals surface area contributed by atoms with Crippen molar-refractivity contribution >= 4 is 0 Å². The zero-order valence-corrected chi connectivity index (χ0v) is 12.3.